The van der Waals surface area contributed by atoms with Crippen molar-refractivity contribution in [1.82, 2.24) is 0 Å². The van der Waals surface area contributed by atoms with Crippen molar-refractivity contribution in [2.75, 3.05) is 52.2 Å². The summed E-state index contributed by atoms with van der Waals surface area (Å²) in [5.74, 6) is 1.23. The van der Waals surface area contributed by atoms with Gasteiger partial charge in [0.25, 0.3) is 25.7 Å². The average Bonchev–Trinajstić information content (AvgIpc) is 3.91. The van der Waals surface area contributed by atoms with Crippen LogP contribution in [0.15, 0.2) is 79.8 Å². The summed E-state index contributed by atoms with van der Waals surface area (Å²) in [7, 11) is -4.30. The summed E-state index contributed by atoms with van der Waals surface area (Å²) in [6, 6.07) is 16.4. The Morgan fingerprint density at radius 1 is 0.712 bits per heavy atom. The maximum Gasteiger partial charge on any atom is 0.294 e. The molecule has 4 aromatic rings. The highest BCUT2D eigenvalue weighted by Gasteiger charge is 2.26. The molecular formula is C36H48N6O6S4. The molecular weight excluding hydrogens is 741 g/mol. The normalized spacial score (nSPS) is 15.7. The van der Waals surface area contributed by atoms with Gasteiger partial charge in [0.05, 0.1) is 27.7 Å². The van der Waals surface area contributed by atoms with Crippen molar-refractivity contribution in [3.8, 4) is 0 Å². The second-order valence-electron chi connectivity index (χ2n) is 13.3. The van der Waals surface area contributed by atoms with Crippen LogP contribution in [0.3, 0.4) is 0 Å². The quantitative estimate of drug-likeness (QED) is 0.0683. The SMILES string of the molecule is CN(c1ccc(NCC2CCCCC2)c(N)c1)S(=O)(=O)c1cccs1.CN(c1ccc(NCC2CCCCC2)c([N+](=O)[O-])c1)S(=O)(=O)c1cccs1. The van der Waals surface area contributed by atoms with Crippen molar-refractivity contribution in [2.24, 2.45) is 11.8 Å². The van der Waals surface area contributed by atoms with Crippen LogP contribution in [0.4, 0.5) is 34.1 Å². The smallest absolute Gasteiger partial charge is 0.294 e. The Morgan fingerprint density at radius 2 is 1.15 bits per heavy atom. The molecule has 16 heteroatoms. The number of nitrogens with one attached hydrogen (secondary N) is 2. The molecule has 0 atom stereocenters. The van der Waals surface area contributed by atoms with Crippen LogP contribution in [-0.2, 0) is 20.0 Å². The standard InChI is InChI=1S/C18H23N3O4S2.C18H25N3O2S2/c1-20(27(24,25)18-8-5-11-26-18)15-9-10-16(17(12-15)21(22)23)19-13-14-6-3-2-4-7-14;1-21(25(22,23)18-8-5-11-24-18)15-9-10-17(16(19)12-15)20-13-14-6-3-2-4-7-14/h5,8-12,14,19H,2-4,6-7,13H2,1H3;5,8-12,14,20H,2-4,6-7,13,19H2,1H3. The number of anilines is 5. The van der Waals surface area contributed by atoms with Crippen molar-refractivity contribution in [3.05, 3.63) is 81.5 Å². The predicted molar refractivity (Wildman–Crippen MR) is 214 cm³/mol. The lowest BCUT2D eigenvalue weighted by molar-refractivity contribution is -0.383. The molecule has 12 nitrogen and oxygen atoms in total. The monoisotopic (exact) mass is 788 g/mol. The van der Waals surface area contributed by atoms with Gasteiger partial charge in [0.15, 0.2) is 0 Å². The number of benzene rings is 2. The molecule has 2 aliphatic rings. The number of hydrogen-bond donors (Lipinski definition) is 3. The Hall–Kier alpha value is -3.86. The molecule has 2 aromatic heterocycles. The van der Waals surface area contributed by atoms with Crippen LogP contribution in [-0.4, -0.2) is 48.9 Å². The molecule has 0 radical (unpaired) electrons. The summed E-state index contributed by atoms with van der Waals surface area (Å²) < 4.78 is 53.4. The molecule has 0 aliphatic heterocycles. The number of thiophene rings is 2. The lowest BCUT2D eigenvalue weighted by Crippen LogP contribution is -2.26. The summed E-state index contributed by atoms with van der Waals surface area (Å²) in [5.41, 5.74) is 8.74. The third-order valence-corrected chi connectivity index (χ3v) is 16.1. The highest BCUT2D eigenvalue weighted by molar-refractivity contribution is 7.95. The van der Waals surface area contributed by atoms with Crippen molar-refractivity contribution < 1.29 is 21.8 Å². The maximum atomic E-state index is 12.6. The van der Waals surface area contributed by atoms with Gasteiger partial charge in [-0.25, -0.2) is 16.8 Å². The molecule has 0 amide bonds. The van der Waals surface area contributed by atoms with E-state index in [1.807, 2.05) is 6.07 Å². The second-order valence-corrected chi connectivity index (χ2v) is 19.6. The Bertz CT molecular complexity index is 1980. The lowest BCUT2D eigenvalue weighted by Gasteiger charge is -2.23. The van der Waals surface area contributed by atoms with Gasteiger partial charge in [0.2, 0.25) is 0 Å². The average molecular weight is 789 g/mol. The minimum absolute atomic E-state index is 0.114. The molecule has 2 fully saturated rings. The van der Waals surface area contributed by atoms with Crippen LogP contribution in [0.2, 0.25) is 0 Å². The van der Waals surface area contributed by atoms with E-state index in [0.29, 0.717) is 39.7 Å². The zero-order valence-electron chi connectivity index (χ0n) is 29.6. The molecule has 4 N–H and O–H groups in total. The van der Waals surface area contributed by atoms with Gasteiger partial charge in [0.1, 0.15) is 14.1 Å². The molecule has 0 bridgehead atoms. The molecule has 0 unspecified atom stereocenters. The number of hydrogen-bond acceptors (Lipinski definition) is 11. The number of nitro benzene ring substituents is 1. The van der Waals surface area contributed by atoms with Gasteiger partial charge in [-0.05, 0) is 90.7 Å². The third kappa shape index (κ3) is 9.76. The van der Waals surface area contributed by atoms with Crippen molar-refractivity contribution in [1.29, 1.82) is 0 Å². The van der Waals surface area contributed by atoms with Gasteiger partial charge in [-0.3, -0.25) is 18.7 Å². The van der Waals surface area contributed by atoms with E-state index in [-0.39, 0.29) is 15.6 Å². The summed E-state index contributed by atoms with van der Waals surface area (Å²) in [6.07, 6.45) is 12.5. The Morgan fingerprint density at radius 3 is 1.58 bits per heavy atom. The van der Waals surface area contributed by atoms with Crippen molar-refractivity contribution in [3.63, 3.8) is 0 Å². The first-order chi connectivity index (χ1) is 24.9. The van der Waals surface area contributed by atoms with Gasteiger partial charge in [-0.2, -0.15) is 0 Å². The van der Waals surface area contributed by atoms with Crippen LogP contribution < -0.4 is 25.0 Å². The molecule has 2 heterocycles. The van der Waals surface area contributed by atoms with Crippen molar-refractivity contribution in [2.45, 2.75) is 72.6 Å². The number of nitro groups is 1. The van der Waals surface area contributed by atoms with Gasteiger partial charge >= 0.3 is 0 Å². The lowest BCUT2D eigenvalue weighted by atomic mass is 9.89. The van der Waals surface area contributed by atoms with Crippen LogP contribution >= 0.6 is 22.7 Å². The highest BCUT2D eigenvalue weighted by Crippen LogP contribution is 2.34. The van der Waals surface area contributed by atoms with Crippen LogP contribution in [0.25, 0.3) is 0 Å². The first-order valence-electron chi connectivity index (χ1n) is 17.6. The molecule has 2 aromatic carbocycles. The van der Waals surface area contributed by atoms with Crippen LogP contribution in [0, 0.1) is 22.0 Å². The predicted octanol–water partition coefficient (Wildman–Crippen LogP) is 8.62. The van der Waals surface area contributed by atoms with E-state index < -0.39 is 25.0 Å². The molecule has 2 aliphatic carbocycles. The number of nitrogen functional groups attached to an aromatic ring is 1. The molecule has 6 rings (SSSR count). The van der Waals surface area contributed by atoms with E-state index in [2.05, 4.69) is 10.6 Å². The zero-order valence-corrected chi connectivity index (χ0v) is 32.8. The second kappa shape index (κ2) is 17.8. The molecule has 52 heavy (non-hydrogen) atoms. The minimum Gasteiger partial charge on any atom is -0.397 e. The summed E-state index contributed by atoms with van der Waals surface area (Å²) in [4.78, 5) is 11.1. The van der Waals surface area contributed by atoms with E-state index >= 15 is 0 Å². The molecule has 282 valence electrons. The number of sulfonamides is 2. The fraction of sp³-hybridized carbons (Fsp3) is 0.444. The Labute approximate surface area is 315 Å². The summed E-state index contributed by atoms with van der Waals surface area (Å²) in [5, 5.41) is 21.6. The first-order valence-corrected chi connectivity index (χ1v) is 22.2. The fourth-order valence-corrected chi connectivity index (χ4v) is 11.3. The van der Waals surface area contributed by atoms with Gasteiger partial charge in [-0.1, -0.05) is 50.7 Å². The Kier molecular flexibility index (Phi) is 13.5. The van der Waals surface area contributed by atoms with Gasteiger partial charge < -0.3 is 16.4 Å². The largest absolute Gasteiger partial charge is 0.397 e. The number of nitrogens with two attached hydrogens (primary N) is 1. The van der Waals surface area contributed by atoms with Gasteiger partial charge in [0, 0.05) is 33.3 Å². The van der Waals surface area contributed by atoms with E-state index in [0.717, 1.165) is 40.7 Å². The van der Waals surface area contributed by atoms with E-state index in [4.69, 9.17) is 5.73 Å². The van der Waals surface area contributed by atoms with E-state index in [1.54, 1.807) is 60.3 Å². The fourth-order valence-electron chi connectivity index (χ4n) is 6.58. The molecule has 2 saturated carbocycles. The van der Waals surface area contributed by atoms with E-state index in [1.165, 1.54) is 86.2 Å². The number of rotatable bonds is 13. The maximum absolute atomic E-state index is 12.6. The first kappa shape index (κ1) is 39.3. The topological polar surface area (TPSA) is 168 Å². The van der Waals surface area contributed by atoms with Crippen LogP contribution in [0.5, 0.6) is 0 Å². The summed E-state index contributed by atoms with van der Waals surface area (Å²) >= 11 is 2.33. The molecule has 0 saturated heterocycles. The minimum atomic E-state index is -3.72. The number of nitrogens with zero attached hydrogens (tertiary/aromatic N) is 3. The highest BCUT2D eigenvalue weighted by atomic mass is 32.3. The van der Waals surface area contributed by atoms with Crippen LogP contribution in [0.1, 0.15) is 64.2 Å². The Balaban J connectivity index is 0.000000202. The molecule has 0 spiro atoms. The van der Waals surface area contributed by atoms with Crippen molar-refractivity contribution >= 4 is 76.8 Å². The van der Waals surface area contributed by atoms with E-state index in [9.17, 15) is 26.9 Å². The third-order valence-electron chi connectivity index (χ3n) is 9.77. The summed E-state index contributed by atoms with van der Waals surface area (Å²) in [6.45, 7) is 1.62. The zero-order chi connectivity index (χ0) is 37.3. The van der Waals surface area contributed by atoms with Gasteiger partial charge in [-0.15, -0.1) is 22.7 Å².